The first kappa shape index (κ1) is 29.3. The Morgan fingerprint density at radius 2 is 1.49 bits per heavy atom. The van der Waals surface area contributed by atoms with Crippen LogP contribution in [0.2, 0.25) is 0 Å². The number of imide groups is 1. The van der Waals surface area contributed by atoms with Gasteiger partial charge in [0.2, 0.25) is 17.7 Å². The van der Waals surface area contributed by atoms with Crippen molar-refractivity contribution in [1.29, 1.82) is 0 Å². The van der Waals surface area contributed by atoms with Crippen LogP contribution in [-0.4, -0.2) is 78.9 Å². The lowest BCUT2D eigenvalue weighted by Crippen LogP contribution is -2.54. The number of hydroxylamine groups is 2. The fraction of sp³-hybridized carbons (Fsp3) is 0.667. The number of carbonyl (C=O) groups is 7. The second-order valence-electron chi connectivity index (χ2n) is 8.13. The average molecular weight is 500 g/mol. The van der Waals surface area contributed by atoms with Crippen LogP contribution >= 0.6 is 0 Å². The maximum atomic E-state index is 12.6. The maximum absolute atomic E-state index is 12.6. The molecule has 0 aromatic rings. The Kier molecular flexibility index (Phi) is 12.2. The van der Waals surface area contributed by atoms with Gasteiger partial charge in [-0.3, -0.25) is 24.0 Å². The molecule has 196 valence electrons. The van der Waals surface area contributed by atoms with Gasteiger partial charge in [-0.15, -0.1) is 5.06 Å². The number of methoxy groups -OCH3 is 1. The molecule has 0 saturated carbocycles. The van der Waals surface area contributed by atoms with Gasteiger partial charge in [-0.1, -0.05) is 13.8 Å². The van der Waals surface area contributed by atoms with Crippen molar-refractivity contribution < 1.29 is 43.1 Å². The van der Waals surface area contributed by atoms with Crippen LogP contribution in [-0.2, 0) is 38.3 Å². The molecule has 0 aromatic heterocycles. The van der Waals surface area contributed by atoms with Crippen LogP contribution in [0, 0.1) is 5.92 Å². The van der Waals surface area contributed by atoms with Gasteiger partial charge < -0.3 is 30.8 Å². The molecule has 1 aliphatic rings. The van der Waals surface area contributed by atoms with Gasteiger partial charge in [0.25, 0.3) is 11.8 Å². The Hall–Kier alpha value is -3.71. The summed E-state index contributed by atoms with van der Waals surface area (Å²) in [4.78, 5) is 87.4. The van der Waals surface area contributed by atoms with E-state index in [0.29, 0.717) is 5.06 Å². The highest BCUT2D eigenvalue weighted by Crippen LogP contribution is 2.13. The summed E-state index contributed by atoms with van der Waals surface area (Å²) in [5.74, 6) is -3.83. The van der Waals surface area contributed by atoms with Crippen molar-refractivity contribution in [2.75, 3.05) is 20.2 Å². The average Bonchev–Trinajstić information content (AvgIpc) is 3.11. The molecule has 1 fully saturated rings. The van der Waals surface area contributed by atoms with E-state index in [-0.39, 0.29) is 51.1 Å². The van der Waals surface area contributed by atoms with E-state index in [9.17, 15) is 33.6 Å². The normalized spacial score (nSPS) is 14.7. The summed E-state index contributed by atoms with van der Waals surface area (Å²) < 4.78 is 4.40. The quantitative estimate of drug-likeness (QED) is 0.180. The zero-order valence-corrected chi connectivity index (χ0v) is 20.3. The Morgan fingerprint density at radius 1 is 0.886 bits per heavy atom. The lowest BCUT2D eigenvalue weighted by Gasteiger charge is -2.24. The first-order chi connectivity index (χ1) is 16.5. The molecule has 1 rings (SSSR count). The Balaban J connectivity index is 2.41. The number of amides is 6. The zero-order chi connectivity index (χ0) is 26.5. The summed E-state index contributed by atoms with van der Waals surface area (Å²) in [7, 11) is 1.21. The van der Waals surface area contributed by atoms with Crippen LogP contribution in [0.3, 0.4) is 0 Å². The van der Waals surface area contributed by atoms with Crippen molar-refractivity contribution >= 4 is 41.6 Å². The minimum atomic E-state index is -0.925. The van der Waals surface area contributed by atoms with Crippen LogP contribution in [0.5, 0.6) is 0 Å². The largest absolute Gasteiger partial charge is 0.453 e. The molecule has 0 bridgehead atoms. The summed E-state index contributed by atoms with van der Waals surface area (Å²) in [6, 6.07) is -1.82. The summed E-state index contributed by atoms with van der Waals surface area (Å²) >= 11 is 0. The summed E-state index contributed by atoms with van der Waals surface area (Å²) in [5, 5.41) is 10.5. The monoisotopic (exact) mass is 499 g/mol. The fourth-order valence-corrected chi connectivity index (χ4v) is 2.92. The third kappa shape index (κ3) is 10.4. The fourth-order valence-electron chi connectivity index (χ4n) is 2.92. The molecule has 1 heterocycles. The van der Waals surface area contributed by atoms with Crippen LogP contribution < -0.4 is 21.3 Å². The highest BCUT2D eigenvalue weighted by Gasteiger charge is 2.33. The van der Waals surface area contributed by atoms with E-state index in [1.54, 1.807) is 13.8 Å². The second-order valence-corrected chi connectivity index (χ2v) is 8.13. The molecule has 1 aliphatic heterocycles. The van der Waals surface area contributed by atoms with Crippen LogP contribution in [0.15, 0.2) is 0 Å². The van der Waals surface area contributed by atoms with Crippen molar-refractivity contribution in [3.63, 3.8) is 0 Å². The Bertz CT molecular complexity index is 814. The summed E-state index contributed by atoms with van der Waals surface area (Å²) in [5.41, 5.74) is 0. The van der Waals surface area contributed by atoms with E-state index in [2.05, 4.69) is 26.0 Å². The van der Waals surface area contributed by atoms with Gasteiger partial charge in [-0.05, 0) is 19.3 Å². The number of alkyl carbamates (subject to hydrolysis) is 1. The SMILES string of the molecule is COC(=O)NCCNC(=O)C(C)NC(=O)C(NC(=O)CCCC(=O)ON1C(=O)CCC1=O)C(C)C. The lowest BCUT2D eigenvalue weighted by atomic mass is 10.0. The van der Waals surface area contributed by atoms with Crippen LogP contribution in [0.1, 0.15) is 52.9 Å². The van der Waals surface area contributed by atoms with Crippen molar-refractivity contribution in [3.8, 4) is 0 Å². The number of ether oxygens (including phenoxy) is 1. The van der Waals surface area contributed by atoms with E-state index in [1.807, 2.05) is 0 Å². The molecule has 0 spiro atoms. The van der Waals surface area contributed by atoms with Crippen molar-refractivity contribution in [2.45, 2.75) is 65.0 Å². The smallest absolute Gasteiger partial charge is 0.406 e. The predicted octanol–water partition coefficient (Wildman–Crippen LogP) is -1.12. The highest BCUT2D eigenvalue weighted by atomic mass is 16.7. The number of nitrogens with zero attached hydrogens (tertiary/aromatic N) is 1. The van der Waals surface area contributed by atoms with E-state index in [0.717, 1.165) is 0 Å². The summed E-state index contributed by atoms with van der Waals surface area (Å²) in [6.45, 7) is 5.18. The number of hydrogen-bond acceptors (Lipinski definition) is 9. The molecule has 14 heteroatoms. The first-order valence-electron chi connectivity index (χ1n) is 11.2. The van der Waals surface area contributed by atoms with Gasteiger partial charge in [0.05, 0.1) is 7.11 Å². The third-order valence-electron chi connectivity index (χ3n) is 4.88. The molecule has 4 N–H and O–H groups in total. The van der Waals surface area contributed by atoms with Gasteiger partial charge >= 0.3 is 12.1 Å². The molecule has 35 heavy (non-hydrogen) atoms. The molecule has 0 aliphatic carbocycles. The van der Waals surface area contributed by atoms with Gasteiger partial charge in [-0.25, -0.2) is 9.59 Å². The molecule has 6 amide bonds. The highest BCUT2D eigenvalue weighted by molar-refractivity contribution is 6.01. The molecule has 14 nitrogen and oxygen atoms in total. The minimum absolute atomic E-state index is 0.0138. The molecule has 0 aromatic carbocycles. The van der Waals surface area contributed by atoms with E-state index >= 15 is 0 Å². The van der Waals surface area contributed by atoms with Crippen molar-refractivity contribution in [2.24, 2.45) is 5.92 Å². The third-order valence-corrected chi connectivity index (χ3v) is 4.88. The Labute approximate surface area is 202 Å². The van der Waals surface area contributed by atoms with Gasteiger partial charge in [-0.2, -0.15) is 0 Å². The number of rotatable bonds is 13. The maximum Gasteiger partial charge on any atom is 0.406 e. The van der Waals surface area contributed by atoms with E-state index < -0.39 is 53.7 Å². The topological polar surface area (TPSA) is 189 Å². The lowest BCUT2D eigenvalue weighted by molar-refractivity contribution is -0.197. The molecular formula is C21H33N5O9. The van der Waals surface area contributed by atoms with Crippen LogP contribution in [0.25, 0.3) is 0 Å². The number of carbonyl (C=O) groups excluding carboxylic acids is 7. The van der Waals surface area contributed by atoms with Crippen molar-refractivity contribution in [1.82, 2.24) is 26.3 Å². The van der Waals surface area contributed by atoms with Gasteiger partial charge in [0.1, 0.15) is 12.1 Å². The van der Waals surface area contributed by atoms with Crippen LogP contribution in [0.4, 0.5) is 4.79 Å². The predicted molar refractivity (Wildman–Crippen MR) is 119 cm³/mol. The molecule has 2 unspecified atom stereocenters. The summed E-state index contributed by atoms with van der Waals surface area (Å²) in [6.07, 6.45) is -0.891. The van der Waals surface area contributed by atoms with E-state index in [4.69, 9.17) is 4.84 Å². The second kappa shape index (κ2) is 14.5. The zero-order valence-electron chi connectivity index (χ0n) is 20.3. The molecular weight excluding hydrogens is 466 g/mol. The van der Waals surface area contributed by atoms with Crippen molar-refractivity contribution in [3.05, 3.63) is 0 Å². The number of nitrogens with one attached hydrogen (secondary N) is 4. The minimum Gasteiger partial charge on any atom is -0.453 e. The van der Waals surface area contributed by atoms with Gasteiger partial charge in [0, 0.05) is 38.8 Å². The molecule has 0 radical (unpaired) electrons. The number of hydrogen-bond donors (Lipinski definition) is 4. The first-order valence-corrected chi connectivity index (χ1v) is 11.2. The van der Waals surface area contributed by atoms with E-state index in [1.165, 1.54) is 14.0 Å². The molecule has 2 atom stereocenters. The standard InChI is InChI=1S/C21H33N5O9/c1-12(2)18(20(32)24-13(3)19(31)22-10-11-23-21(33)34-4)25-14(27)6-5-7-17(30)35-26-15(28)8-9-16(26)29/h12-13,18H,5-11H2,1-4H3,(H,22,31)(H,23,33)(H,24,32)(H,25,27). The molecule has 1 saturated heterocycles. The Morgan fingerprint density at radius 3 is 2.06 bits per heavy atom. The van der Waals surface area contributed by atoms with Gasteiger partial charge in [0.15, 0.2) is 0 Å².